The van der Waals surface area contributed by atoms with Gasteiger partial charge < -0.3 is 19.4 Å². The monoisotopic (exact) mass is 602 g/mol. The molecule has 0 fully saturated rings. The number of imidazole rings is 1. The Balaban J connectivity index is 1.59. The van der Waals surface area contributed by atoms with Gasteiger partial charge in [0.15, 0.2) is 16.7 Å². The van der Waals surface area contributed by atoms with E-state index in [4.69, 9.17) is 44.3 Å². The van der Waals surface area contributed by atoms with Crippen molar-refractivity contribution in [2.75, 3.05) is 18.9 Å². The van der Waals surface area contributed by atoms with Crippen LogP contribution in [0.2, 0.25) is 15.3 Å². The molecule has 0 saturated heterocycles. The van der Waals surface area contributed by atoms with Crippen LogP contribution in [0.4, 0.5) is 5.69 Å². The van der Waals surface area contributed by atoms with Gasteiger partial charge >= 0.3 is 0 Å². The van der Waals surface area contributed by atoms with Gasteiger partial charge in [0, 0.05) is 6.42 Å². The lowest BCUT2D eigenvalue weighted by molar-refractivity contribution is -0.121. The number of anilines is 1. The van der Waals surface area contributed by atoms with Gasteiger partial charge in [0.1, 0.15) is 11.0 Å². The third kappa shape index (κ3) is 7.77. The fourth-order valence-corrected chi connectivity index (χ4v) is 5.07. The minimum Gasteiger partial charge on any atom is -0.493 e. The number of ether oxygens (including phenoxy) is 2. The molecule has 2 atom stereocenters. The normalized spacial score (nSPS) is 12.6. The summed E-state index contributed by atoms with van der Waals surface area (Å²) < 4.78 is 35.2. The molecule has 3 aromatic rings. The van der Waals surface area contributed by atoms with Gasteiger partial charge in [-0.05, 0) is 42.0 Å². The lowest BCUT2D eigenvalue weighted by atomic mass is 9.96. The Hall–Kier alpha value is -2.50. The summed E-state index contributed by atoms with van der Waals surface area (Å²) in [6.45, 7) is 2.40. The Morgan fingerprint density at radius 3 is 2.55 bits per heavy atom. The SMILES string of the molecule is COc1ccc(CC(C)CCC(=O)NCc2nc(Cl)c(Cl)n2Cc2ccccc2NS(=O)O)c(Cl)c1OC. The van der Waals surface area contributed by atoms with E-state index in [0.29, 0.717) is 52.9 Å². The molecule has 9 nitrogen and oxygen atoms in total. The van der Waals surface area contributed by atoms with Crippen molar-refractivity contribution in [3.05, 3.63) is 68.7 Å². The van der Waals surface area contributed by atoms with E-state index in [2.05, 4.69) is 21.9 Å². The molecular weight excluding hydrogens is 575 g/mol. The number of hydrogen-bond donors (Lipinski definition) is 3. The molecule has 0 bridgehead atoms. The highest BCUT2D eigenvalue weighted by Crippen LogP contribution is 2.38. The maximum Gasteiger partial charge on any atom is 0.259 e. The van der Waals surface area contributed by atoms with Crippen molar-refractivity contribution < 1.29 is 23.0 Å². The smallest absolute Gasteiger partial charge is 0.259 e. The molecule has 1 amide bonds. The highest BCUT2D eigenvalue weighted by molar-refractivity contribution is 7.80. The number of carbonyl (C=O) groups excluding carboxylic acids is 1. The summed E-state index contributed by atoms with van der Waals surface area (Å²) in [5.41, 5.74) is 2.08. The maximum absolute atomic E-state index is 12.6. The quantitative estimate of drug-likeness (QED) is 0.215. The molecule has 0 aliphatic rings. The average molecular weight is 604 g/mol. The van der Waals surface area contributed by atoms with Crippen LogP contribution in [0.25, 0.3) is 0 Å². The van der Waals surface area contributed by atoms with Gasteiger partial charge in [-0.25, -0.2) is 9.19 Å². The van der Waals surface area contributed by atoms with Gasteiger partial charge in [-0.15, -0.1) is 0 Å². The van der Waals surface area contributed by atoms with E-state index in [0.717, 1.165) is 5.56 Å². The van der Waals surface area contributed by atoms with Crippen molar-refractivity contribution in [2.45, 2.75) is 39.3 Å². The number of amides is 1. The summed E-state index contributed by atoms with van der Waals surface area (Å²) in [4.78, 5) is 16.9. The Kier molecular flexibility index (Phi) is 11.1. The van der Waals surface area contributed by atoms with E-state index in [-0.39, 0.29) is 35.2 Å². The third-order valence-electron chi connectivity index (χ3n) is 5.93. The molecule has 0 aliphatic carbocycles. The van der Waals surface area contributed by atoms with Crippen LogP contribution in [0, 0.1) is 5.92 Å². The molecule has 0 saturated carbocycles. The number of nitrogens with one attached hydrogen (secondary N) is 2. The van der Waals surface area contributed by atoms with Gasteiger partial charge in [0.25, 0.3) is 11.3 Å². The predicted octanol–water partition coefficient (Wildman–Crippen LogP) is 5.73. The maximum atomic E-state index is 12.6. The molecule has 1 heterocycles. The molecule has 1 aromatic heterocycles. The van der Waals surface area contributed by atoms with E-state index < -0.39 is 11.3 Å². The molecule has 3 N–H and O–H groups in total. The van der Waals surface area contributed by atoms with Crippen molar-refractivity contribution in [1.82, 2.24) is 14.9 Å². The Morgan fingerprint density at radius 1 is 1.13 bits per heavy atom. The van der Waals surface area contributed by atoms with Crippen molar-refractivity contribution >= 4 is 57.7 Å². The number of rotatable bonds is 13. The highest BCUT2D eigenvalue weighted by atomic mass is 35.5. The summed E-state index contributed by atoms with van der Waals surface area (Å²) in [5.74, 6) is 1.55. The van der Waals surface area contributed by atoms with Crippen LogP contribution in [0.15, 0.2) is 36.4 Å². The van der Waals surface area contributed by atoms with Crippen LogP contribution in [0.5, 0.6) is 11.5 Å². The Morgan fingerprint density at radius 2 is 1.87 bits per heavy atom. The Bertz CT molecular complexity index is 1300. The lowest BCUT2D eigenvalue weighted by Crippen LogP contribution is -2.25. The molecule has 0 spiro atoms. The molecule has 206 valence electrons. The molecule has 3 rings (SSSR count). The zero-order valence-electron chi connectivity index (χ0n) is 21.1. The molecule has 0 radical (unpaired) electrons. The fourth-order valence-electron chi connectivity index (χ4n) is 3.97. The minimum absolute atomic E-state index is 0.104. The number of benzene rings is 2. The predicted molar refractivity (Wildman–Crippen MR) is 151 cm³/mol. The van der Waals surface area contributed by atoms with Gasteiger partial charge in [0.2, 0.25) is 5.91 Å². The topological polar surface area (TPSA) is 115 Å². The molecule has 38 heavy (non-hydrogen) atoms. The fraction of sp³-hybridized carbons (Fsp3) is 0.360. The van der Waals surface area contributed by atoms with Crippen molar-refractivity contribution in [2.24, 2.45) is 5.92 Å². The van der Waals surface area contributed by atoms with Crippen LogP contribution in [0.1, 0.15) is 36.7 Å². The van der Waals surface area contributed by atoms with Crippen LogP contribution in [0.3, 0.4) is 0 Å². The summed E-state index contributed by atoms with van der Waals surface area (Å²) in [5, 5.41) is 3.68. The summed E-state index contributed by atoms with van der Waals surface area (Å²) in [7, 11) is 3.10. The number of para-hydroxylation sites is 1. The largest absolute Gasteiger partial charge is 0.493 e. The summed E-state index contributed by atoms with van der Waals surface area (Å²) >= 11 is 16.8. The second kappa shape index (κ2) is 14.0. The average Bonchev–Trinajstić information content (AvgIpc) is 3.15. The van der Waals surface area contributed by atoms with Crippen molar-refractivity contribution in [3.8, 4) is 11.5 Å². The first-order chi connectivity index (χ1) is 18.1. The van der Waals surface area contributed by atoms with Crippen LogP contribution in [-0.4, -0.2) is 38.4 Å². The number of halogens is 3. The highest BCUT2D eigenvalue weighted by Gasteiger charge is 2.18. The minimum atomic E-state index is -2.23. The first kappa shape index (κ1) is 30.0. The molecule has 0 aliphatic heterocycles. The van der Waals surface area contributed by atoms with E-state index in [1.54, 1.807) is 43.1 Å². The van der Waals surface area contributed by atoms with Gasteiger partial charge in [-0.2, -0.15) is 0 Å². The third-order valence-corrected chi connectivity index (χ3v) is 7.48. The number of aromatic nitrogens is 2. The molecule has 2 unspecified atom stereocenters. The number of carbonyl (C=O) groups is 1. The van der Waals surface area contributed by atoms with E-state index in [1.807, 2.05) is 12.1 Å². The lowest BCUT2D eigenvalue weighted by Gasteiger charge is -2.16. The van der Waals surface area contributed by atoms with Crippen LogP contribution >= 0.6 is 34.8 Å². The van der Waals surface area contributed by atoms with Gasteiger partial charge in [-0.1, -0.05) is 66.0 Å². The zero-order chi connectivity index (χ0) is 27.8. The molecule has 13 heteroatoms. The van der Waals surface area contributed by atoms with Crippen molar-refractivity contribution in [1.29, 1.82) is 0 Å². The summed E-state index contributed by atoms with van der Waals surface area (Å²) in [6.07, 6.45) is 1.63. The molecular formula is C25H29Cl3N4O5S. The Labute approximate surface area is 239 Å². The zero-order valence-corrected chi connectivity index (χ0v) is 24.2. The van der Waals surface area contributed by atoms with E-state index in [1.165, 1.54) is 0 Å². The number of methoxy groups -OCH3 is 2. The van der Waals surface area contributed by atoms with Gasteiger partial charge in [-0.3, -0.25) is 14.1 Å². The standard InChI is InChI=1S/C25H29Cl3N4O5S/c1-15(12-16-9-10-19(36-2)23(37-3)22(16)26)8-11-21(33)29-13-20-30-24(27)25(28)32(20)14-17-6-4-5-7-18(17)31-38(34)35/h4-7,9-10,15,31H,8,11-14H2,1-3H3,(H,29,33)(H,34,35). The summed E-state index contributed by atoms with van der Waals surface area (Å²) in [6, 6.07) is 10.7. The number of nitrogens with zero attached hydrogens (tertiary/aromatic N) is 2. The van der Waals surface area contributed by atoms with Crippen LogP contribution < -0.4 is 19.5 Å². The molecule has 2 aromatic carbocycles. The van der Waals surface area contributed by atoms with Crippen molar-refractivity contribution in [3.63, 3.8) is 0 Å². The number of hydrogen-bond acceptors (Lipinski definition) is 5. The first-order valence-corrected chi connectivity index (χ1v) is 13.9. The van der Waals surface area contributed by atoms with Gasteiger partial charge in [0.05, 0.1) is 38.0 Å². The van der Waals surface area contributed by atoms with E-state index >= 15 is 0 Å². The second-order valence-corrected chi connectivity index (χ2v) is 10.4. The first-order valence-electron chi connectivity index (χ1n) is 11.7. The second-order valence-electron chi connectivity index (χ2n) is 8.60. The van der Waals surface area contributed by atoms with Crippen LogP contribution in [-0.2, 0) is 35.6 Å². The van der Waals surface area contributed by atoms with E-state index in [9.17, 15) is 13.6 Å².